The Balaban J connectivity index is 1.60. The third kappa shape index (κ3) is 7.01. The zero-order valence-corrected chi connectivity index (χ0v) is 19.7. The first-order chi connectivity index (χ1) is 16.8. The second kappa shape index (κ2) is 11.6. The highest BCUT2D eigenvalue weighted by Gasteiger charge is 2.11. The zero-order valence-electron chi connectivity index (χ0n) is 19.7. The lowest BCUT2D eigenvalue weighted by Crippen LogP contribution is -2.18. The number of carbonyl (C=O) groups is 3. The lowest BCUT2D eigenvalue weighted by molar-refractivity contribution is -0.150. The van der Waals surface area contributed by atoms with E-state index < -0.39 is 24.5 Å². The molecule has 6 nitrogen and oxygen atoms in total. The Kier molecular flexibility index (Phi) is 8.35. The quantitative estimate of drug-likeness (QED) is 0.220. The smallest absolute Gasteiger partial charge is 0.349 e. The van der Waals surface area contributed by atoms with Crippen LogP contribution in [0.1, 0.15) is 20.3 Å². The summed E-state index contributed by atoms with van der Waals surface area (Å²) in [5, 5.41) is 0. The summed E-state index contributed by atoms with van der Waals surface area (Å²) < 4.78 is 15.3. The van der Waals surface area contributed by atoms with Gasteiger partial charge in [0, 0.05) is 11.1 Å². The van der Waals surface area contributed by atoms with E-state index in [2.05, 4.69) is 13.2 Å². The molecule has 0 aliphatic heterocycles. The number of ether oxygens (including phenoxy) is 3. The van der Waals surface area contributed by atoms with Crippen molar-refractivity contribution in [3.05, 3.63) is 97.1 Å². The van der Waals surface area contributed by atoms with Gasteiger partial charge in [-0.1, -0.05) is 68.6 Å². The number of rotatable bonds is 9. The van der Waals surface area contributed by atoms with Crippen molar-refractivity contribution in [1.29, 1.82) is 0 Å². The van der Waals surface area contributed by atoms with E-state index in [0.29, 0.717) is 23.5 Å². The zero-order chi connectivity index (χ0) is 25.4. The molecule has 3 aromatic carbocycles. The Bertz CT molecular complexity index is 1240. The molecule has 0 heterocycles. The Labute approximate surface area is 204 Å². The van der Waals surface area contributed by atoms with Crippen LogP contribution in [-0.4, -0.2) is 24.5 Å². The molecule has 0 aromatic heterocycles. The van der Waals surface area contributed by atoms with Gasteiger partial charge in [-0.2, -0.15) is 0 Å². The maximum Gasteiger partial charge on any atom is 0.349 e. The molecule has 6 heteroatoms. The van der Waals surface area contributed by atoms with Gasteiger partial charge >= 0.3 is 17.9 Å². The molecule has 0 amide bonds. The van der Waals surface area contributed by atoms with Gasteiger partial charge in [0.25, 0.3) is 0 Å². The minimum atomic E-state index is -0.673. The first kappa shape index (κ1) is 25.2. The highest BCUT2D eigenvalue weighted by Crippen LogP contribution is 2.27. The molecule has 0 saturated heterocycles. The summed E-state index contributed by atoms with van der Waals surface area (Å²) in [6, 6.07) is 22.3. The second-order valence-corrected chi connectivity index (χ2v) is 7.80. The third-order valence-electron chi connectivity index (χ3n) is 5.09. The van der Waals surface area contributed by atoms with Gasteiger partial charge in [0.2, 0.25) is 0 Å². The van der Waals surface area contributed by atoms with Crippen LogP contribution >= 0.6 is 0 Å². The molecule has 0 bridgehead atoms. The molecule has 0 unspecified atom stereocenters. The molecule has 3 rings (SSSR count). The summed E-state index contributed by atoms with van der Waals surface area (Å²) in [7, 11) is 0. The van der Waals surface area contributed by atoms with Crippen LogP contribution in [0.25, 0.3) is 22.3 Å². The number of esters is 3. The van der Waals surface area contributed by atoms with Crippen LogP contribution in [0.3, 0.4) is 0 Å². The fraction of sp³-hybridized carbons (Fsp3) is 0.138. The lowest BCUT2D eigenvalue weighted by Gasteiger charge is -2.09. The van der Waals surface area contributed by atoms with Crippen molar-refractivity contribution in [2.24, 2.45) is 0 Å². The summed E-state index contributed by atoms with van der Waals surface area (Å²) in [6.07, 6.45) is 0.546. The van der Waals surface area contributed by atoms with Crippen molar-refractivity contribution in [3.8, 4) is 33.8 Å². The monoisotopic (exact) mass is 470 g/mol. The standard InChI is InChI=1S/C29H26O6/c1-5-20(4)29(32)35-26-16-12-24(13-17-26)22-8-6-21(7-9-22)23-10-14-25(15-11-23)34-27(30)18-33-28(31)19(2)3/h6-17H,2,4-5,18H2,1,3H3. The molecule has 3 aromatic rings. The average Bonchev–Trinajstić information content (AvgIpc) is 2.87. The molecule has 0 radical (unpaired) electrons. The normalized spacial score (nSPS) is 10.2. The topological polar surface area (TPSA) is 78.9 Å². The van der Waals surface area contributed by atoms with Crippen LogP contribution in [0, 0.1) is 0 Å². The average molecular weight is 471 g/mol. The Hall–Kier alpha value is -4.45. The van der Waals surface area contributed by atoms with Crippen molar-refractivity contribution in [3.63, 3.8) is 0 Å². The molecule has 0 fully saturated rings. The summed E-state index contributed by atoms with van der Waals surface area (Å²) >= 11 is 0. The molecule has 0 saturated carbocycles. The molecule has 178 valence electrons. The van der Waals surface area contributed by atoms with Gasteiger partial charge in [0.05, 0.1) is 0 Å². The van der Waals surface area contributed by atoms with E-state index in [9.17, 15) is 14.4 Å². The van der Waals surface area contributed by atoms with Gasteiger partial charge in [-0.3, -0.25) is 0 Å². The van der Waals surface area contributed by atoms with Gasteiger partial charge in [0.15, 0.2) is 6.61 Å². The Morgan fingerprint density at radius 3 is 1.46 bits per heavy atom. The minimum Gasteiger partial charge on any atom is -0.450 e. The van der Waals surface area contributed by atoms with Crippen molar-refractivity contribution < 1.29 is 28.6 Å². The fourth-order valence-electron chi connectivity index (χ4n) is 3.02. The minimum absolute atomic E-state index is 0.213. The first-order valence-corrected chi connectivity index (χ1v) is 11.0. The molecule has 0 N–H and O–H groups in total. The van der Waals surface area contributed by atoms with Gasteiger partial charge in [0.1, 0.15) is 11.5 Å². The molecular formula is C29H26O6. The molecule has 35 heavy (non-hydrogen) atoms. The van der Waals surface area contributed by atoms with Gasteiger partial charge < -0.3 is 14.2 Å². The molecule has 0 aliphatic rings. The first-order valence-electron chi connectivity index (χ1n) is 11.0. The highest BCUT2D eigenvalue weighted by atomic mass is 16.6. The van der Waals surface area contributed by atoms with Gasteiger partial charge in [-0.25, -0.2) is 14.4 Å². The predicted octanol–water partition coefficient (Wildman–Crippen LogP) is 5.92. The number of hydrogen-bond donors (Lipinski definition) is 0. The van der Waals surface area contributed by atoms with E-state index >= 15 is 0 Å². The lowest BCUT2D eigenvalue weighted by atomic mass is 10.0. The van der Waals surface area contributed by atoms with Crippen LogP contribution in [0.2, 0.25) is 0 Å². The van der Waals surface area contributed by atoms with Crippen molar-refractivity contribution in [1.82, 2.24) is 0 Å². The van der Waals surface area contributed by atoms with Crippen LogP contribution < -0.4 is 9.47 Å². The number of carbonyl (C=O) groups excluding carboxylic acids is 3. The van der Waals surface area contributed by atoms with E-state index in [0.717, 1.165) is 22.3 Å². The summed E-state index contributed by atoms with van der Waals surface area (Å²) in [5.41, 5.74) is 4.58. The van der Waals surface area contributed by atoms with Crippen LogP contribution in [-0.2, 0) is 19.1 Å². The maximum atomic E-state index is 11.9. The largest absolute Gasteiger partial charge is 0.450 e. The van der Waals surface area contributed by atoms with E-state index in [1.54, 1.807) is 24.3 Å². The summed E-state index contributed by atoms with van der Waals surface area (Å²) in [6.45, 7) is 10.0. The highest BCUT2D eigenvalue weighted by molar-refractivity contribution is 5.89. The van der Waals surface area contributed by atoms with Crippen LogP contribution in [0.5, 0.6) is 11.5 Å². The molecule has 0 atom stereocenters. The Morgan fingerprint density at radius 2 is 1.06 bits per heavy atom. The SMILES string of the molecule is C=C(C)C(=O)OCC(=O)Oc1ccc(-c2ccc(-c3ccc(OC(=O)C(=C)CC)cc3)cc2)cc1. The number of hydrogen-bond acceptors (Lipinski definition) is 6. The Morgan fingerprint density at radius 1 is 0.657 bits per heavy atom. The third-order valence-corrected chi connectivity index (χ3v) is 5.09. The molecular weight excluding hydrogens is 444 g/mol. The summed E-state index contributed by atoms with van der Waals surface area (Å²) in [5.74, 6) is -0.910. The number of benzene rings is 3. The van der Waals surface area contributed by atoms with Crippen LogP contribution in [0.15, 0.2) is 97.1 Å². The summed E-state index contributed by atoms with van der Waals surface area (Å²) in [4.78, 5) is 35.0. The van der Waals surface area contributed by atoms with E-state index in [4.69, 9.17) is 14.2 Å². The van der Waals surface area contributed by atoms with Gasteiger partial charge in [-0.15, -0.1) is 0 Å². The van der Waals surface area contributed by atoms with Gasteiger partial charge in [-0.05, 0) is 59.9 Å². The predicted molar refractivity (Wildman–Crippen MR) is 134 cm³/mol. The fourth-order valence-corrected chi connectivity index (χ4v) is 3.02. The van der Waals surface area contributed by atoms with Crippen molar-refractivity contribution in [2.75, 3.05) is 6.61 Å². The molecule has 0 spiro atoms. The second-order valence-electron chi connectivity index (χ2n) is 7.80. The maximum absolute atomic E-state index is 11.9. The van der Waals surface area contributed by atoms with E-state index in [1.165, 1.54) is 6.92 Å². The van der Waals surface area contributed by atoms with Crippen molar-refractivity contribution in [2.45, 2.75) is 20.3 Å². The van der Waals surface area contributed by atoms with E-state index in [1.807, 2.05) is 55.5 Å². The van der Waals surface area contributed by atoms with Crippen LogP contribution in [0.4, 0.5) is 0 Å². The van der Waals surface area contributed by atoms with E-state index in [-0.39, 0.29) is 5.57 Å². The van der Waals surface area contributed by atoms with Crippen molar-refractivity contribution >= 4 is 17.9 Å². The molecule has 0 aliphatic carbocycles.